The van der Waals surface area contributed by atoms with Gasteiger partial charge in [0.25, 0.3) is 5.69 Å². The first-order valence-corrected chi connectivity index (χ1v) is 11.0. The fourth-order valence-electron chi connectivity index (χ4n) is 2.77. The maximum Gasteiger partial charge on any atom is 0.269 e. The monoisotopic (exact) mass is 449 g/mol. The van der Waals surface area contributed by atoms with Crippen molar-refractivity contribution < 1.29 is 14.5 Å². The number of rotatable bonds is 10. The van der Waals surface area contributed by atoms with Crippen LogP contribution in [0.3, 0.4) is 0 Å². The summed E-state index contributed by atoms with van der Waals surface area (Å²) >= 11 is 7.63. The summed E-state index contributed by atoms with van der Waals surface area (Å²) in [6.45, 7) is 4.23. The smallest absolute Gasteiger partial charge is 0.269 e. The molecule has 0 aliphatic heterocycles. The topological polar surface area (TPSA) is 92.6 Å². The number of hydrogen-bond acceptors (Lipinski definition) is 5. The number of nitrogens with one attached hydrogen (secondary N) is 1. The predicted molar refractivity (Wildman–Crippen MR) is 119 cm³/mol. The Morgan fingerprint density at radius 1 is 1.20 bits per heavy atom. The second kappa shape index (κ2) is 11.6. The first-order valence-electron chi connectivity index (χ1n) is 9.45. The summed E-state index contributed by atoms with van der Waals surface area (Å²) in [4.78, 5) is 37.1. The molecule has 0 bridgehead atoms. The SMILES string of the molecule is CCNC(=O)[C@@H](C)N(Cc1ccccc1Cl)C(=O)CSCc1ccc([N+](=O)[O-])cc1. The summed E-state index contributed by atoms with van der Waals surface area (Å²) in [5, 5.41) is 14.0. The maximum absolute atomic E-state index is 12.9. The number of nitro benzene ring substituents is 1. The van der Waals surface area contributed by atoms with E-state index in [2.05, 4.69) is 5.32 Å². The van der Waals surface area contributed by atoms with E-state index in [4.69, 9.17) is 11.6 Å². The molecule has 0 radical (unpaired) electrons. The van der Waals surface area contributed by atoms with E-state index in [1.165, 1.54) is 28.8 Å². The van der Waals surface area contributed by atoms with Gasteiger partial charge in [-0.1, -0.05) is 41.9 Å². The van der Waals surface area contributed by atoms with Crippen molar-refractivity contribution in [3.63, 3.8) is 0 Å². The minimum absolute atomic E-state index is 0.0292. The van der Waals surface area contributed by atoms with Crippen LogP contribution in [0.25, 0.3) is 0 Å². The molecule has 0 unspecified atom stereocenters. The van der Waals surface area contributed by atoms with Crippen LogP contribution in [0.1, 0.15) is 25.0 Å². The van der Waals surface area contributed by atoms with E-state index in [1.54, 1.807) is 25.1 Å². The van der Waals surface area contributed by atoms with Crippen molar-refractivity contribution in [2.45, 2.75) is 32.2 Å². The fraction of sp³-hybridized carbons (Fsp3) is 0.333. The molecule has 0 spiro atoms. The van der Waals surface area contributed by atoms with E-state index in [1.807, 2.05) is 25.1 Å². The Morgan fingerprint density at radius 3 is 2.47 bits per heavy atom. The molecule has 7 nitrogen and oxygen atoms in total. The number of nitro groups is 1. The Kier molecular flexibility index (Phi) is 9.14. The molecule has 0 fully saturated rings. The molecule has 0 saturated carbocycles. The molecule has 1 N–H and O–H groups in total. The summed E-state index contributed by atoms with van der Waals surface area (Å²) in [5.74, 6) is 0.295. The Morgan fingerprint density at radius 2 is 1.87 bits per heavy atom. The van der Waals surface area contributed by atoms with Crippen molar-refractivity contribution in [2.24, 2.45) is 0 Å². The molecule has 2 rings (SSSR count). The average molecular weight is 450 g/mol. The number of amides is 2. The molecule has 9 heteroatoms. The van der Waals surface area contributed by atoms with Gasteiger partial charge in [-0.3, -0.25) is 19.7 Å². The number of thioether (sulfide) groups is 1. The lowest BCUT2D eigenvalue weighted by atomic mass is 10.1. The third kappa shape index (κ3) is 6.74. The zero-order valence-corrected chi connectivity index (χ0v) is 18.4. The first-order chi connectivity index (χ1) is 14.3. The van der Waals surface area contributed by atoms with Crippen LogP contribution in [-0.4, -0.2) is 40.0 Å². The van der Waals surface area contributed by atoms with Gasteiger partial charge in [0.05, 0.1) is 10.7 Å². The standard InChI is InChI=1S/C21H24ClN3O4S/c1-3-23-21(27)15(2)24(12-17-6-4-5-7-19(17)22)20(26)14-30-13-16-8-10-18(11-9-16)25(28)29/h4-11,15H,3,12-14H2,1-2H3,(H,23,27)/t15-/m1/s1. The van der Waals surface area contributed by atoms with Gasteiger partial charge in [0.2, 0.25) is 11.8 Å². The van der Waals surface area contributed by atoms with Crippen LogP contribution in [0.4, 0.5) is 5.69 Å². The Hall–Kier alpha value is -2.58. The molecule has 30 heavy (non-hydrogen) atoms. The van der Waals surface area contributed by atoms with Gasteiger partial charge in [0, 0.05) is 36.0 Å². The van der Waals surface area contributed by atoms with Gasteiger partial charge in [-0.05, 0) is 31.0 Å². The van der Waals surface area contributed by atoms with Gasteiger partial charge in [-0.2, -0.15) is 0 Å². The van der Waals surface area contributed by atoms with Gasteiger partial charge >= 0.3 is 0 Å². The number of nitrogens with zero attached hydrogens (tertiary/aromatic N) is 2. The van der Waals surface area contributed by atoms with Crippen LogP contribution >= 0.6 is 23.4 Å². The van der Waals surface area contributed by atoms with Gasteiger partial charge in [0.15, 0.2) is 0 Å². The summed E-state index contributed by atoms with van der Waals surface area (Å²) in [7, 11) is 0. The van der Waals surface area contributed by atoms with Gasteiger partial charge in [-0.25, -0.2) is 0 Å². The van der Waals surface area contributed by atoms with Crippen LogP contribution in [0.15, 0.2) is 48.5 Å². The molecule has 160 valence electrons. The zero-order valence-electron chi connectivity index (χ0n) is 16.8. The highest BCUT2D eigenvalue weighted by Crippen LogP contribution is 2.21. The second-order valence-electron chi connectivity index (χ2n) is 6.60. The maximum atomic E-state index is 12.9. The number of halogens is 1. The van der Waals surface area contributed by atoms with E-state index in [0.29, 0.717) is 17.3 Å². The van der Waals surface area contributed by atoms with E-state index in [0.717, 1.165) is 11.1 Å². The Balaban J connectivity index is 2.04. The quantitative estimate of drug-likeness (QED) is 0.436. The molecule has 1 atom stereocenters. The summed E-state index contributed by atoms with van der Waals surface area (Å²) in [6, 6.07) is 12.8. The van der Waals surface area contributed by atoms with Crippen LogP contribution in [0.2, 0.25) is 5.02 Å². The molecule has 0 aromatic heterocycles. The molecule has 2 aromatic rings. The average Bonchev–Trinajstić information content (AvgIpc) is 2.73. The van der Waals surface area contributed by atoms with Crippen LogP contribution < -0.4 is 5.32 Å². The van der Waals surface area contributed by atoms with E-state index >= 15 is 0 Å². The predicted octanol–water partition coefficient (Wildman–Crippen LogP) is 4.03. The molecule has 0 heterocycles. The lowest BCUT2D eigenvalue weighted by molar-refractivity contribution is -0.384. The Labute approximate surface area is 184 Å². The van der Waals surface area contributed by atoms with Crippen molar-refractivity contribution in [3.8, 4) is 0 Å². The van der Waals surface area contributed by atoms with Crippen LogP contribution in [0.5, 0.6) is 0 Å². The highest BCUT2D eigenvalue weighted by Gasteiger charge is 2.26. The Bertz CT molecular complexity index is 892. The normalized spacial score (nSPS) is 11.6. The summed E-state index contributed by atoms with van der Waals surface area (Å²) < 4.78 is 0. The molecule has 0 saturated heterocycles. The van der Waals surface area contributed by atoms with E-state index in [9.17, 15) is 19.7 Å². The minimum atomic E-state index is -0.645. The molecule has 2 amide bonds. The number of carbonyl (C=O) groups is 2. The second-order valence-corrected chi connectivity index (χ2v) is 7.99. The third-order valence-corrected chi connectivity index (χ3v) is 5.82. The number of benzene rings is 2. The van der Waals surface area contributed by atoms with Gasteiger partial charge in [-0.15, -0.1) is 11.8 Å². The molecular formula is C21H24ClN3O4S. The molecular weight excluding hydrogens is 426 g/mol. The number of hydrogen-bond donors (Lipinski definition) is 1. The third-order valence-electron chi connectivity index (χ3n) is 4.46. The van der Waals surface area contributed by atoms with Gasteiger partial charge < -0.3 is 10.2 Å². The van der Waals surface area contributed by atoms with Crippen molar-refractivity contribution in [1.82, 2.24) is 10.2 Å². The minimum Gasteiger partial charge on any atom is -0.355 e. The summed E-state index contributed by atoms with van der Waals surface area (Å²) in [6.07, 6.45) is 0. The highest BCUT2D eigenvalue weighted by atomic mass is 35.5. The number of carbonyl (C=O) groups excluding carboxylic acids is 2. The molecule has 0 aliphatic carbocycles. The highest BCUT2D eigenvalue weighted by molar-refractivity contribution is 7.99. The van der Waals surface area contributed by atoms with Crippen molar-refractivity contribution in [1.29, 1.82) is 0 Å². The number of likely N-dealkylation sites (N-methyl/N-ethyl adjacent to an activating group) is 1. The van der Waals surface area contributed by atoms with Crippen molar-refractivity contribution in [3.05, 3.63) is 74.8 Å². The van der Waals surface area contributed by atoms with Crippen molar-refractivity contribution >= 4 is 40.9 Å². The zero-order chi connectivity index (χ0) is 22.1. The number of non-ortho nitro benzene ring substituents is 1. The molecule has 0 aliphatic rings. The van der Waals surface area contributed by atoms with Crippen LogP contribution in [0, 0.1) is 10.1 Å². The van der Waals surface area contributed by atoms with Crippen molar-refractivity contribution in [2.75, 3.05) is 12.3 Å². The van der Waals surface area contributed by atoms with Gasteiger partial charge in [0.1, 0.15) is 6.04 Å². The fourth-order valence-corrected chi connectivity index (χ4v) is 3.83. The molecule has 2 aromatic carbocycles. The lowest BCUT2D eigenvalue weighted by Crippen LogP contribution is -2.48. The first kappa shape index (κ1) is 23.7. The summed E-state index contributed by atoms with van der Waals surface area (Å²) in [5.41, 5.74) is 1.68. The largest absolute Gasteiger partial charge is 0.355 e. The lowest BCUT2D eigenvalue weighted by Gasteiger charge is -2.29. The van der Waals surface area contributed by atoms with Crippen LogP contribution in [-0.2, 0) is 21.9 Å². The van der Waals surface area contributed by atoms with E-state index < -0.39 is 11.0 Å². The van der Waals surface area contributed by atoms with E-state index in [-0.39, 0.29) is 29.8 Å².